The fourth-order valence-electron chi connectivity index (χ4n) is 1.86. The summed E-state index contributed by atoms with van der Waals surface area (Å²) in [4.78, 5) is 16.4. The van der Waals surface area contributed by atoms with E-state index in [0.717, 1.165) is 26.7 Å². The van der Waals surface area contributed by atoms with Gasteiger partial charge in [0.25, 0.3) is 0 Å². The highest BCUT2D eigenvalue weighted by atomic mass is 32.2. The van der Waals surface area contributed by atoms with Crippen LogP contribution >= 0.6 is 11.8 Å². The van der Waals surface area contributed by atoms with Crippen molar-refractivity contribution in [1.29, 1.82) is 0 Å². The van der Waals surface area contributed by atoms with Gasteiger partial charge in [0.15, 0.2) is 0 Å². The Balaban J connectivity index is 2.42. The summed E-state index contributed by atoms with van der Waals surface area (Å²) in [6, 6.07) is 9.29. The van der Waals surface area contributed by atoms with Gasteiger partial charge >= 0.3 is 5.97 Å². The van der Waals surface area contributed by atoms with Gasteiger partial charge < -0.3 is 5.11 Å². The average Bonchev–Trinajstić information content (AvgIpc) is 2.26. The SMILES string of the molecule is Cc1cc(C)nc(Sc2cc(C)ccc2C(=O)O)c1. The second-order valence-electron chi connectivity index (χ2n) is 4.53. The molecular weight excluding hydrogens is 258 g/mol. The van der Waals surface area contributed by atoms with Crippen LogP contribution in [-0.4, -0.2) is 16.1 Å². The molecule has 19 heavy (non-hydrogen) atoms. The van der Waals surface area contributed by atoms with Crippen molar-refractivity contribution >= 4 is 17.7 Å². The number of hydrogen-bond donors (Lipinski definition) is 1. The van der Waals surface area contributed by atoms with Crippen molar-refractivity contribution in [3.8, 4) is 0 Å². The molecule has 1 aromatic carbocycles. The molecule has 98 valence electrons. The molecule has 4 heteroatoms. The molecule has 1 heterocycles. The first-order chi connectivity index (χ1) is 8.95. The lowest BCUT2D eigenvalue weighted by Crippen LogP contribution is -1.99. The van der Waals surface area contributed by atoms with Crippen molar-refractivity contribution in [1.82, 2.24) is 4.98 Å². The van der Waals surface area contributed by atoms with Crippen LogP contribution in [0.5, 0.6) is 0 Å². The lowest BCUT2D eigenvalue weighted by molar-refractivity contribution is 0.0693. The van der Waals surface area contributed by atoms with Gasteiger partial charge in [-0.2, -0.15) is 0 Å². The third-order valence-corrected chi connectivity index (χ3v) is 3.63. The summed E-state index contributed by atoms with van der Waals surface area (Å²) >= 11 is 1.39. The number of carbonyl (C=O) groups is 1. The van der Waals surface area contributed by atoms with Crippen LogP contribution in [-0.2, 0) is 0 Å². The zero-order valence-electron chi connectivity index (χ0n) is 11.1. The number of aromatic carboxylic acids is 1. The molecule has 0 unspecified atom stereocenters. The molecule has 1 aromatic heterocycles. The van der Waals surface area contributed by atoms with E-state index in [9.17, 15) is 9.90 Å². The highest BCUT2D eigenvalue weighted by molar-refractivity contribution is 7.99. The van der Waals surface area contributed by atoms with E-state index in [1.54, 1.807) is 6.07 Å². The molecule has 0 aliphatic carbocycles. The third-order valence-electron chi connectivity index (χ3n) is 2.66. The Morgan fingerprint density at radius 1 is 1.11 bits per heavy atom. The first kappa shape index (κ1) is 13.6. The summed E-state index contributed by atoms with van der Waals surface area (Å²) < 4.78 is 0. The maximum absolute atomic E-state index is 11.2. The van der Waals surface area contributed by atoms with Gasteiger partial charge in [-0.15, -0.1) is 0 Å². The number of nitrogens with zero attached hydrogens (tertiary/aromatic N) is 1. The molecule has 0 spiro atoms. The van der Waals surface area contributed by atoms with Crippen molar-refractivity contribution in [2.45, 2.75) is 30.7 Å². The van der Waals surface area contributed by atoms with E-state index >= 15 is 0 Å². The summed E-state index contributed by atoms with van der Waals surface area (Å²) in [6.07, 6.45) is 0. The molecule has 0 saturated carbocycles. The van der Waals surface area contributed by atoms with Crippen molar-refractivity contribution in [2.75, 3.05) is 0 Å². The molecule has 0 amide bonds. The molecule has 0 aliphatic rings. The molecule has 0 bridgehead atoms. The van der Waals surface area contributed by atoms with Gasteiger partial charge in [-0.1, -0.05) is 17.8 Å². The lowest BCUT2D eigenvalue weighted by Gasteiger charge is -2.08. The molecule has 0 atom stereocenters. The predicted octanol–water partition coefficient (Wildman–Crippen LogP) is 3.86. The Morgan fingerprint density at radius 3 is 2.47 bits per heavy atom. The number of hydrogen-bond acceptors (Lipinski definition) is 3. The third kappa shape index (κ3) is 3.35. The molecule has 2 rings (SSSR count). The van der Waals surface area contributed by atoms with Gasteiger partial charge in [0, 0.05) is 10.6 Å². The van der Waals surface area contributed by atoms with E-state index in [1.165, 1.54) is 11.8 Å². The zero-order valence-corrected chi connectivity index (χ0v) is 11.9. The van der Waals surface area contributed by atoms with Crippen LogP contribution in [0.1, 0.15) is 27.2 Å². The van der Waals surface area contributed by atoms with Crippen molar-refractivity contribution in [2.24, 2.45) is 0 Å². The van der Waals surface area contributed by atoms with Crippen LogP contribution in [0.15, 0.2) is 40.3 Å². The van der Waals surface area contributed by atoms with E-state index < -0.39 is 5.97 Å². The van der Waals surface area contributed by atoms with Gasteiger partial charge in [-0.25, -0.2) is 9.78 Å². The van der Waals surface area contributed by atoms with E-state index in [4.69, 9.17) is 0 Å². The molecule has 1 N–H and O–H groups in total. The fraction of sp³-hybridized carbons (Fsp3) is 0.200. The van der Waals surface area contributed by atoms with Crippen molar-refractivity contribution < 1.29 is 9.90 Å². The smallest absolute Gasteiger partial charge is 0.336 e. The summed E-state index contributed by atoms with van der Waals surface area (Å²) in [5.74, 6) is -0.910. The molecule has 2 aromatic rings. The number of carboxylic acid groups (broad SMARTS) is 1. The largest absolute Gasteiger partial charge is 0.478 e. The lowest BCUT2D eigenvalue weighted by atomic mass is 10.1. The maximum atomic E-state index is 11.2. The Labute approximate surface area is 116 Å². The Kier molecular flexibility index (Phi) is 3.90. The Hall–Kier alpha value is -1.81. The van der Waals surface area contributed by atoms with Gasteiger partial charge in [-0.3, -0.25) is 0 Å². The quantitative estimate of drug-likeness (QED) is 0.922. The predicted molar refractivity (Wildman–Crippen MR) is 76.0 cm³/mol. The minimum absolute atomic E-state index is 0.316. The second kappa shape index (κ2) is 5.45. The van der Waals surface area contributed by atoms with Crippen LogP contribution in [0.2, 0.25) is 0 Å². The highest BCUT2D eigenvalue weighted by Crippen LogP contribution is 2.30. The number of pyridine rings is 1. The van der Waals surface area contributed by atoms with Gasteiger partial charge in [0.05, 0.1) is 5.56 Å². The highest BCUT2D eigenvalue weighted by Gasteiger charge is 2.12. The molecule has 0 aliphatic heterocycles. The number of rotatable bonds is 3. The van der Waals surface area contributed by atoms with E-state index in [2.05, 4.69) is 4.98 Å². The minimum Gasteiger partial charge on any atom is -0.478 e. The van der Waals surface area contributed by atoms with Gasteiger partial charge in [0.2, 0.25) is 0 Å². The monoisotopic (exact) mass is 273 g/mol. The molecule has 0 radical (unpaired) electrons. The van der Waals surface area contributed by atoms with Crippen molar-refractivity contribution in [3.63, 3.8) is 0 Å². The summed E-state index contributed by atoms with van der Waals surface area (Å²) in [5.41, 5.74) is 3.42. The molecular formula is C15H15NO2S. The summed E-state index contributed by atoms with van der Waals surface area (Å²) in [7, 11) is 0. The summed E-state index contributed by atoms with van der Waals surface area (Å²) in [5, 5.41) is 10.0. The van der Waals surface area contributed by atoms with Gasteiger partial charge in [0.1, 0.15) is 5.03 Å². The van der Waals surface area contributed by atoms with Crippen LogP contribution < -0.4 is 0 Å². The molecule has 3 nitrogen and oxygen atoms in total. The Morgan fingerprint density at radius 2 is 1.84 bits per heavy atom. The maximum Gasteiger partial charge on any atom is 0.336 e. The zero-order chi connectivity index (χ0) is 14.0. The van der Waals surface area contributed by atoms with Crippen LogP contribution in [0.4, 0.5) is 0 Å². The minimum atomic E-state index is -0.910. The number of aromatic nitrogens is 1. The first-order valence-electron chi connectivity index (χ1n) is 5.93. The normalized spacial score (nSPS) is 10.5. The van der Waals surface area contributed by atoms with Crippen molar-refractivity contribution in [3.05, 3.63) is 52.7 Å². The van der Waals surface area contributed by atoms with Gasteiger partial charge in [-0.05, 0) is 56.2 Å². The van der Waals surface area contributed by atoms with E-state index in [-0.39, 0.29) is 0 Å². The average molecular weight is 273 g/mol. The fourth-order valence-corrected chi connectivity index (χ4v) is 3.03. The standard InChI is InChI=1S/C15H15NO2S/c1-9-4-5-12(15(17)18)13(7-9)19-14-8-10(2)6-11(3)16-14/h4-8H,1-3H3,(H,17,18). The van der Waals surface area contributed by atoms with Crippen LogP contribution in [0.3, 0.4) is 0 Å². The number of aryl methyl sites for hydroxylation is 3. The number of benzene rings is 1. The molecule has 0 fully saturated rings. The Bertz CT molecular complexity index is 618. The van der Waals surface area contributed by atoms with Crippen LogP contribution in [0, 0.1) is 20.8 Å². The first-order valence-corrected chi connectivity index (χ1v) is 6.74. The summed E-state index contributed by atoms with van der Waals surface area (Å²) in [6.45, 7) is 5.89. The molecule has 0 saturated heterocycles. The van der Waals surface area contributed by atoms with E-state index in [0.29, 0.717) is 5.56 Å². The van der Waals surface area contributed by atoms with Crippen LogP contribution in [0.25, 0.3) is 0 Å². The topological polar surface area (TPSA) is 50.2 Å². The van der Waals surface area contributed by atoms with E-state index in [1.807, 2.05) is 45.0 Å². The second-order valence-corrected chi connectivity index (χ2v) is 5.59. The number of carboxylic acids is 1.